The van der Waals surface area contributed by atoms with Gasteiger partial charge in [-0.05, 0) is 36.4 Å². The van der Waals surface area contributed by atoms with Gasteiger partial charge in [0.1, 0.15) is 0 Å². The van der Waals surface area contributed by atoms with Crippen LogP contribution in [0.2, 0.25) is 0 Å². The molecular weight excluding hydrogens is 431 g/mol. The Morgan fingerprint density at radius 2 is 0.676 bits per heavy atom. The first kappa shape index (κ1) is 20.2. The number of para-hydroxylation sites is 6. The molecule has 0 unspecified atom stereocenters. The summed E-state index contributed by atoms with van der Waals surface area (Å²) in [4.78, 5) is 41.0. The third-order valence-electron chi connectivity index (χ3n) is 6.68. The van der Waals surface area contributed by atoms with Crippen LogP contribution in [-0.2, 0) is 21.1 Å². The Labute approximate surface area is 193 Å². The Morgan fingerprint density at radius 3 is 0.941 bits per heavy atom. The maximum Gasteiger partial charge on any atom is 0.289 e. The van der Waals surface area contributed by atoms with Gasteiger partial charge in [0.2, 0.25) is 7.12 Å². The summed E-state index contributed by atoms with van der Waals surface area (Å²) in [5, 5.41) is 0. The maximum absolute atomic E-state index is 13.7. The van der Waals surface area contributed by atoms with Crippen molar-refractivity contribution < 1.29 is 0 Å². The SMILES string of the molecule is Cn1c(=O)n([B-](n2c(=O)n(C)c3ccccc32)n2c(=O)n(C)c3ccccc32)c2ccccc21. The van der Waals surface area contributed by atoms with Crippen LogP contribution in [0.5, 0.6) is 0 Å². The van der Waals surface area contributed by atoms with Gasteiger partial charge in [-0.1, -0.05) is 36.4 Å². The van der Waals surface area contributed by atoms with E-state index in [1.54, 1.807) is 21.1 Å². The summed E-state index contributed by atoms with van der Waals surface area (Å²) in [5.41, 5.74) is 3.01. The smallest absolute Gasteiger partial charge is 0.289 e. The standard InChI is InChI=1S/C24H21BN6O3/c1-26-16-10-4-7-13-19(16)29(22(26)32)25(30-20-14-8-5-11-17(20)27(2)23(30)33)31-21-15-9-6-12-18(21)28(3)24(31)34/h4-15H,1-3H3/q-1. The number of nitrogens with zero attached hydrogens (tertiary/aromatic N) is 6. The minimum atomic E-state index is -1.06. The van der Waals surface area contributed by atoms with Gasteiger partial charge in [0, 0.05) is 37.7 Å². The van der Waals surface area contributed by atoms with Crippen LogP contribution in [0.4, 0.5) is 0 Å². The molecule has 0 spiro atoms. The number of hydrogen-bond donors (Lipinski definition) is 0. The first-order valence-electron chi connectivity index (χ1n) is 10.9. The zero-order valence-electron chi connectivity index (χ0n) is 18.9. The summed E-state index contributed by atoms with van der Waals surface area (Å²) in [6, 6.07) is 22.1. The lowest BCUT2D eigenvalue weighted by Crippen LogP contribution is -2.54. The van der Waals surface area contributed by atoms with Crippen LogP contribution < -0.4 is 17.1 Å². The third kappa shape index (κ3) is 2.47. The molecule has 0 amide bonds. The highest BCUT2D eigenvalue weighted by atomic mass is 16.2. The lowest BCUT2D eigenvalue weighted by Gasteiger charge is -2.32. The molecule has 1 radical (unpaired) electrons. The average molecular weight is 452 g/mol. The molecule has 3 aromatic carbocycles. The predicted molar refractivity (Wildman–Crippen MR) is 133 cm³/mol. The van der Waals surface area contributed by atoms with E-state index in [-0.39, 0.29) is 17.1 Å². The Morgan fingerprint density at radius 1 is 0.441 bits per heavy atom. The van der Waals surface area contributed by atoms with Crippen molar-refractivity contribution >= 4 is 40.2 Å². The van der Waals surface area contributed by atoms with Gasteiger partial charge in [-0.3, -0.25) is 28.1 Å². The number of fused-ring (bicyclic) bond motifs is 3. The number of hydrogen-bond acceptors (Lipinski definition) is 3. The normalized spacial score (nSPS) is 12.0. The largest absolute Gasteiger partial charge is 0.452 e. The Kier molecular flexibility index (Phi) is 4.16. The van der Waals surface area contributed by atoms with Crippen LogP contribution in [0.1, 0.15) is 0 Å². The second kappa shape index (κ2) is 7.01. The topological polar surface area (TPSA) is 80.8 Å². The molecule has 0 saturated carbocycles. The van der Waals surface area contributed by atoms with Gasteiger partial charge in [0.05, 0.1) is 16.6 Å². The fourth-order valence-corrected chi connectivity index (χ4v) is 4.97. The van der Waals surface area contributed by atoms with E-state index < -0.39 is 7.12 Å². The van der Waals surface area contributed by atoms with E-state index in [4.69, 9.17) is 0 Å². The van der Waals surface area contributed by atoms with Crippen molar-refractivity contribution in [3.8, 4) is 0 Å². The van der Waals surface area contributed by atoms with Crippen molar-refractivity contribution in [2.45, 2.75) is 0 Å². The van der Waals surface area contributed by atoms with Crippen LogP contribution in [-0.4, -0.2) is 34.3 Å². The summed E-state index contributed by atoms with van der Waals surface area (Å²) >= 11 is 0. The van der Waals surface area contributed by atoms with Crippen molar-refractivity contribution in [1.29, 1.82) is 0 Å². The van der Waals surface area contributed by atoms with Crippen molar-refractivity contribution in [3.63, 3.8) is 0 Å². The number of aromatic nitrogens is 6. The highest BCUT2D eigenvalue weighted by Gasteiger charge is 2.23. The highest BCUT2D eigenvalue weighted by Crippen LogP contribution is 2.20. The molecule has 3 heterocycles. The molecular formula is C24H21BN6O3-. The first-order valence-corrected chi connectivity index (χ1v) is 10.9. The second-order valence-corrected chi connectivity index (χ2v) is 8.45. The summed E-state index contributed by atoms with van der Waals surface area (Å²) in [6.07, 6.45) is 0. The number of benzene rings is 3. The van der Waals surface area contributed by atoms with Gasteiger partial charge in [-0.25, -0.2) is 0 Å². The molecule has 0 aliphatic rings. The minimum Gasteiger partial charge on any atom is -0.452 e. The van der Waals surface area contributed by atoms with E-state index in [9.17, 15) is 14.4 Å². The maximum atomic E-state index is 13.7. The quantitative estimate of drug-likeness (QED) is 0.383. The van der Waals surface area contributed by atoms with Crippen LogP contribution in [0, 0.1) is 0 Å². The van der Waals surface area contributed by atoms with Crippen molar-refractivity contribution in [1.82, 2.24) is 27.1 Å². The van der Waals surface area contributed by atoms with Crippen LogP contribution in [0.25, 0.3) is 33.1 Å². The van der Waals surface area contributed by atoms with Gasteiger partial charge in [-0.2, -0.15) is 0 Å². The van der Waals surface area contributed by atoms with Gasteiger partial charge >= 0.3 is 0 Å². The minimum absolute atomic E-state index is 0.328. The lowest BCUT2D eigenvalue weighted by molar-refractivity contribution is 0.799. The number of rotatable bonds is 3. The second-order valence-electron chi connectivity index (χ2n) is 8.45. The Hall–Kier alpha value is -4.47. The zero-order chi connectivity index (χ0) is 23.7. The molecule has 0 bridgehead atoms. The van der Waals surface area contributed by atoms with Gasteiger partial charge < -0.3 is 13.4 Å². The lowest BCUT2D eigenvalue weighted by atomic mass is 9.90. The number of aryl methyl sites for hydroxylation is 3. The molecule has 0 N–H and O–H groups in total. The van der Waals surface area contributed by atoms with E-state index in [1.807, 2.05) is 72.8 Å². The molecule has 169 valence electrons. The van der Waals surface area contributed by atoms with Crippen LogP contribution >= 0.6 is 0 Å². The molecule has 0 aliphatic heterocycles. The van der Waals surface area contributed by atoms with E-state index in [1.165, 1.54) is 27.1 Å². The zero-order valence-corrected chi connectivity index (χ0v) is 18.9. The van der Waals surface area contributed by atoms with E-state index in [2.05, 4.69) is 0 Å². The fraction of sp³-hybridized carbons (Fsp3) is 0.125. The van der Waals surface area contributed by atoms with Gasteiger partial charge in [-0.15, -0.1) is 0 Å². The molecule has 10 heteroatoms. The Bertz CT molecular complexity index is 1710. The summed E-state index contributed by atoms with van der Waals surface area (Å²) in [6.45, 7) is 0. The summed E-state index contributed by atoms with van der Waals surface area (Å²) in [5.74, 6) is 0. The molecule has 9 nitrogen and oxygen atoms in total. The molecule has 6 aromatic rings. The van der Waals surface area contributed by atoms with E-state index in [0.717, 1.165) is 0 Å². The molecule has 0 fully saturated rings. The fourth-order valence-electron chi connectivity index (χ4n) is 4.97. The average Bonchev–Trinajstić information content (AvgIpc) is 3.37. The monoisotopic (exact) mass is 452 g/mol. The molecule has 3 aromatic heterocycles. The van der Waals surface area contributed by atoms with Crippen LogP contribution in [0.3, 0.4) is 0 Å². The first-order chi connectivity index (χ1) is 16.4. The predicted octanol–water partition coefficient (Wildman–Crippen LogP) is 1.58. The summed E-state index contributed by atoms with van der Waals surface area (Å²) in [7, 11) is 4.01. The third-order valence-corrected chi connectivity index (χ3v) is 6.68. The molecule has 6 rings (SSSR count). The Balaban J connectivity index is 1.87. The molecule has 0 atom stereocenters. The van der Waals surface area contributed by atoms with E-state index in [0.29, 0.717) is 33.1 Å². The van der Waals surface area contributed by atoms with Gasteiger partial charge in [0.15, 0.2) is 0 Å². The highest BCUT2D eigenvalue weighted by molar-refractivity contribution is 6.57. The van der Waals surface area contributed by atoms with Crippen molar-refractivity contribution in [3.05, 3.63) is 104 Å². The molecule has 0 saturated heterocycles. The van der Waals surface area contributed by atoms with Crippen molar-refractivity contribution in [2.24, 2.45) is 21.1 Å². The molecule has 0 aliphatic carbocycles. The van der Waals surface area contributed by atoms with E-state index >= 15 is 0 Å². The summed E-state index contributed by atoms with van der Waals surface area (Å²) < 4.78 is 9.18. The van der Waals surface area contributed by atoms with Gasteiger partial charge in [0.25, 0.3) is 17.1 Å². The van der Waals surface area contributed by atoms with Crippen LogP contribution in [0.15, 0.2) is 87.2 Å². The number of imidazole rings is 3. The van der Waals surface area contributed by atoms with Crippen molar-refractivity contribution in [2.75, 3.05) is 0 Å². The molecule has 34 heavy (non-hydrogen) atoms.